The van der Waals surface area contributed by atoms with Gasteiger partial charge < -0.3 is 0 Å². The van der Waals surface area contributed by atoms with Crippen molar-refractivity contribution in [1.82, 2.24) is 5.43 Å². The van der Waals surface area contributed by atoms with Gasteiger partial charge in [-0.15, -0.1) is 0 Å². The first-order chi connectivity index (χ1) is 8.63. The molecular weight excluding hydrogens is 267 g/mol. The molecule has 18 heavy (non-hydrogen) atoms. The third-order valence-corrected chi connectivity index (χ3v) is 3.52. The summed E-state index contributed by atoms with van der Waals surface area (Å²) < 4.78 is 0. The van der Waals surface area contributed by atoms with Crippen molar-refractivity contribution in [3.05, 3.63) is 69.2 Å². The molecule has 0 aliphatic carbocycles. The molecule has 0 heterocycles. The van der Waals surface area contributed by atoms with Gasteiger partial charge in [-0.05, 0) is 24.6 Å². The molecule has 2 aromatic rings. The number of nitrogens with one attached hydrogen (secondary N) is 1. The minimum absolute atomic E-state index is 0.216. The lowest BCUT2D eigenvalue weighted by atomic mass is 9.98. The van der Waals surface area contributed by atoms with Gasteiger partial charge in [0, 0.05) is 15.6 Å². The average molecular weight is 281 g/mol. The molecule has 1 atom stereocenters. The van der Waals surface area contributed by atoms with Crippen LogP contribution in [0.25, 0.3) is 0 Å². The summed E-state index contributed by atoms with van der Waals surface area (Å²) in [6.45, 7) is 2.04. The van der Waals surface area contributed by atoms with Gasteiger partial charge in [-0.3, -0.25) is 5.84 Å². The molecule has 0 amide bonds. The lowest BCUT2D eigenvalue weighted by Crippen LogP contribution is -2.29. The zero-order valence-electron chi connectivity index (χ0n) is 9.95. The SMILES string of the molecule is Cc1ccc(C(NN)c2c(Cl)cccc2Cl)cc1. The molecule has 1 unspecified atom stereocenters. The minimum Gasteiger partial charge on any atom is -0.271 e. The Labute approximate surface area is 117 Å². The second-order valence-corrected chi connectivity index (χ2v) is 4.96. The van der Waals surface area contributed by atoms with Crippen LogP contribution in [0.5, 0.6) is 0 Å². The van der Waals surface area contributed by atoms with E-state index >= 15 is 0 Å². The van der Waals surface area contributed by atoms with E-state index in [1.165, 1.54) is 5.56 Å². The van der Waals surface area contributed by atoms with Crippen molar-refractivity contribution < 1.29 is 0 Å². The number of halogens is 2. The van der Waals surface area contributed by atoms with Crippen LogP contribution in [0.2, 0.25) is 10.0 Å². The lowest BCUT2D eigenvalue weighted by Gasteiger charge is -2.19. The van der Waals surface area contributed by atoms with E-state index in [1.807, 2.05) is 37.3 Å². The molecule has 2 rings (SSSR count). The Balaban J connectivity index is 2.48. The van der Waals surface area contributed by atoms with Crippen LogP contribution in [0.15, 0.2) is 42.5 Å². The van der Waals surface area contributed by atoms with E-state index in [0.29, 0.717) is 10.0 Å². The Kier molecular flexibility index (Phi) is 4.25. The predicted octanol–water partition coefficient (Wildman–Crippen LogP) is 3.85. The number of hydrogen-bond acceptors (Lipinski definition) is 2. The van der Waals surface area contributed by atoms with Crippen LogP contribution in [-0.2, 0) is 0 Å². The highest BCUT2D eigenvalue weighted by Crippen LogP contribution is 2.33. The van der Waals surface area contributed by atoms with Crippen molar-refractivity contribution in [2.45, 2.75) is 13.0 Å². The Morgan fingerprint density at radius 1 is 1.00 bits per heavy atom. The second-order valence-electron chi connectivity index (χ2n) is 4.15. The van der Waals surface area contributed by atoms with Gasteiger partial charge in [-0.25, -0.2) is 5.43 Å². The molecule has 2 nitrogen and oxygen atoms in total. The molecule has 0 saturated carbocycles. The second kappa shape index (κ2) is 5.72. The topological polar surface area (TPSA) is 38.0 Å². The Bertz CT molecular complexity index is 518. The summed E-state index contributed by atoms with van der Waals surface area (Å²) >= 11 is 12.4. The molecule has 0 bridgehead atoms. The molecule has 0 aliphatic rings. The fraction of sp³-hybridized carbons (Fsp3) is 0.143. The summed E-state index contributed by atoms with van der Waals surface area (Å²) in [6.07, 6.45) is 0. The molecule has 0 radical (unpaired) electrons. The number of nitrogens with two attached hydrogens (primary N) is 1. The van der Waals surface area contributed by atoms with Gasteiger partial charge in [-0.2, -0.15) is 0 Å². The highest BCUT2D eigenvalue weighted by molar-refractivity contribution is 6.36. The first-order valence-corrected chi connectivity index (χ1v) is 6.35. The van der Waals surface area contributed by atoms with Crippen LogP contribution in [-0.4, -0.2) is 0 Å². The molecule has 94 valence electrons. The zero-order valence-corrected chi connectivity index (χ0v) is 11.5. The van der Waals surface area contributed by atoms with Crippen molar-refractivity contribution in [3.8, 4) is 0 Å². The quantitative estimate of drug-likeness (QED) is 0.662. The van der Waals surface area contributed by atoms with E-state index in [1.54, 1.807) is 12.1 Å². The van der Waals surface area contributed by atoms with E-state index in [9.17, 15) is 0 Å². The monoisotopic (exact) mass is 280 g/mol. The predicted molar refractivity (Wildman–Crippen MR) is 76.8 cm³/mol. The van der Waals surface area contributed by atoms with E-state index in [0.717, 1.165) is 11.1 Å². The number of hydrazine groups is 1. The van der Waals surface area contributed by atoms with Gasteiger partial charge in [0.25, 0.3) is 0 Å². The van der Waals surface area contributed by atoms with Gasteiger partial charge in [0.15, 0.2) is 0 Å². The van der Waals surface area contributed by atoms with Crippen molar-refractivity contribution in [3.63, 3.8) is 0 Å². The summed E-state index contributed by atoms with van der Waals surface area (Å²) in [7, 11) is 0. The fourth-order valence-electron chi connectivity index (χ4n) is 1.89. The number of rotatable bonds is 3. The van der Waals surface area contributed by atoms with E-state index in [-0.39, 0.29) is 6.04 Å². The smallest absolute Gasteiger partial charge is 0.0739 e. The highest BCUT2D eigenvalue weighted by Gasteiger charge is 2.18. The third kappa shape index (κ3) is 2.68. The summed E-state index contributed by atoms with van der Waals surface area (Å²) in [5.41, 5.74) is 5.79. The molecule has 2 aromatic carbocycles. The van der Waals surface area contributed by atoms with Gasteiger partial charge in [0.05, 0.1) is 6.04 Å². The minimum atomic E-state index is -0.216. The molecular formula is C14H14Cl2N2. The summed E-state index contributed by atoms with van der Waals surface area (Å²) in [4.78, 5) is 0. The van der Waals surface area contributed by atoms with Crippen molar-refractivity contribution >= 4 is 23.2 Å². The third-order valence-electron chi connectivity index (χ3n) is 2.87. The van der Waals surface area contributed by atoms with Crippen LogP contribution in [0.1, 0.15) is 22.7 Å². The summed E-state index contributed by atoms with van der Waals surface area (Å²) in [6, 6.07) is 13.3. The molecule has 0 saturated heterocycles. The lowest BCUT2D eigenvalue weighted by molar-refractivity contribution is 0.637. The van der Waals surface area contributed by atoms with Gasteiger partial charge in [0.1, 0.15) is 0 Å². The van der Waals surface area contributed by atoms with Crippen LogP contribution in [0.4, 0.5) is 0 Å². The van der Waals surface area contributed by atoms with Crippen molar-refractivity contribution in [2.75, 3.05) is 0 Å². The van der Waals surface area contributed by atoms with Crippen LogP contribution in [0.3, 0.4) is 0 Å². The fourth-order valence-corrected chi connectivity index (χ4v) is 2.51. The summed E-state index contributed by atoms with van der Waals surface area (Å²) in [5.74, 6) is 5.65. The van der Waals surface area contributed by atoms with Gasteiger partial charge in [0.2, 0.25) is 0 Å². The standard InChI is InChI=1S/C14H14Cl2N2/c1-9-5-7-10(8-6-9)14(18-17)13-11(15)3-2-4-12(13)16/h2-8,14,18H,17H2,1H3. The maximum absolute atomic E-state index is 6.20. The maximum atomic E-state index is 6.20. The van der Waals surface area contributed by atoms with Crippen molar-refractivity contribution in [2.24, 2.45) is 5.84 Å². The number of benzene rings is 2. The molecule has 0 spiro atoms. The Morgan fingerprint density at radius 2 is 1.56 bits per heavy atom. The molecule has 0 fully saturated rings. The average Bonchev–Trinajstić information content (AvgIpc) is 2.35. The normalized spacial score (nSPS) is 12.4. The van der Waals surface area contributed by atoms with E-state index < -0.39 is 0 Å². The largest absolute Gasteiger partial charge is 0.271 e. The molecule has 0 aliphatic heterocycles. The zero-order chi connectivity index (χ0) is 13.1. The molecule has 3 N–H and O–H groups in total. The van der Waals surface area contributed by atoms with Crippen LogP contribution >= 0.6 is 23.2 Å². The van der Waals surface area contributed by atoms with Crippen LogP contribution < -0.4 is 11.3 Å². The first kappa shape index (κ1) is 13.4. The molecule has 4 heteroatoms. The van der Waals surface area contributed by atoms with Gasteiger partial charge >= 0.3 is 0 Å². The summed E-state index contributed by atoms with van der Waals surface area (Å²) in [5, 5.41) is 1.21. The van der Waals surface area contributed by atoms with E-state index in [2.05, 4.69) is 5.43 Å². The first-order valence-electron chi connectivity index (χ1n) is 5.60. The number of aryl methyl sites for hydroxylation is 1. The highest BCUT2D eigenvalue weighted by atomic mass is 35.5. The van der Waals surface area contributed by atoms with E-state index in [4.69, 9.17) is 29.0 Å². The Hall–Kier alpha value is -1.06. The Morgan fingerprint density at radius 3 is 2.06 bits per heavy atom. The van der Waals surface area contributed by atoms with Gasteiger partial charge in [-0.1, -0.05) is 59.1 Å². The number of hydrogen-bond donors (Lipinski definition) is 2. The van der Waals surface area contributed by atoms with Crippen LogP contribution in [0, 0.1) is 6.92 Å². The van der Waals surface area contributed by atoms with Crippen molar-refractivity contribution in [1.29, 1.82) is 0 Å². The molecule has 0 aromatic heterocycles. The maximum Gasteiger partial charge on any atom is 0.0739 e.